The Balaban J connectivity index is 4.00. The van der Waals surface area contributed by atoms with Gasteiger partial charge in [-0.15, -0.1) is 0 Å². The first kappa shape index (κ1) is 14.7. The minimum absolute atomic E-state index is 0.0628. The minimum Gasteiger partial charge on any atom is -0.396 e. The summed E-state index contributed by atoms with van der Waals surface area (Å²) in [5.74, 6) is 0.747. The predicted molar refractivity (Wildman–Crippen MR) is 64.9 cm³/mol. The number of nitrogens with two attached hydrogens (primary N) is 1. The highest BCUT2D eigenvalue weighted by molar-refractivity contribution is 7.98. The van der Waals surface area contributed by atoms with Gasteiger partial charge < -0.3 is 16.2 Å². The molecule has 0 bridgehead atoms. The molecule has 0 aromatic heterocycles. The summed E-state index contributed by atoms with van der Waals surface area (Å²) < 4.78 is 0. The summed E-state index contributed by atoms with van der Waals surface area (Å²) in [6.07, 6.45) is 3.20. The topological polar surface area (TPSA) is 75.4 Å². The van der Waals surface area contributed by atoms with Gasteiger partial charge in [-0.3, -0.25) is 4.79 Å². The SMILES string of the molecule is CSCC[C@@H](N)C(=O)NC(C)(C)CCO. The molecule has 90 valence electrons. The van der Waals surface area contributed by atoms with Gasteiger partial charge in [-0.05, 0) is 38.7 Å². The van der Waals surface area contributed by atoms with Gasteiger partial charge in [0, 0.05) is 12.1 Å². The van der Waals surface area contributed by atoms with Crippen LogP contribution in [0.1, 0.15) is 26.7 Å². The average Bonchev–Trinajstić information content (AvgIpc) is 2.13. The summed E-state index contributed by atoms with van der Waals surface area (Å²) in [5, 5.41) is 11.6. The number of amides is 1. The van der Waals surface area contributed by atoms with E-state index in [1.54, 1.807) is 11.8 Å². The zero-order valence-electron chi connectivity index (χ0n) is 9.75. The normalized spacial score (nSPS) is 13.7. The van der Waals surface area contributed by atoms with Crippen LogP contribution < -0.4 is 11.1 Å². The summed E-state index contributed by atoms with van der Waals surface area (Å²) in [6.45, 7) is 3.82. The molecule has 0 aliphatic rings. The molecule has 0 unspecified atom stereocenters. The Hall–Kier alpha value is -0.260. The molecule has 0 aromatic rings. The van der Waals surface area contributed by atoms with E-state index in [4.69, 9.17) is 10.8 Å². The van der Waals surface area contributed by atoms with Crippen LogP contribution in [0, 0.1) is 0 Å². The van der Waals surface area contributed by atoms with Gasteiger partial charge in [-0.1, -0.05) is 0 Å². The monoisotopic (exact) mass is 234 g/mol. The molecule has 0 saturated heterocycles. The number of carbonyl (C=O) groups is 1. The Morgan fingerprint density at radius 3 is 2.67 bits per heavy atom. The minimum atomic E-state index is -0.449. The number of hydrogen-bond acceptors (Lipinski definition) is 4. The predicted octanol–water partition coefficient (Wildman–Crippen LogP) is 0.344. The van der Waals surface area contributed by atoms with Crippen LogP contribution in [0.4, 0.5) is 0 Å². The smallest absolute Gasteiger partial charge is 0.237 e. The van der Waals surface area contributed by atoms with Crippen LogP contribution in [0.3, 0.4) is 0 Å². The zero-order chi connectivity index (χ0) is 11.9. The fourth-order valence-electron chi connectivity index (χ4n) is 1.14. The van der Waals surface area contributed by atoms with Crippen molar-refractivity contribution in [2.45, 2.75) is 38.3 Å². The average molecular weight is 234 g/mol. The van der Waals surface area contributed by atoms with Crippen LogP contribution in [0.2, 0.25) is 0 Å². The van der Waals surface area contributed by atoms with E-state index < -0.39 is 6.04 Å². The van der Waals surface area contributed by atoms with Gasteiger partial charge in [0.05, 0.1) is 6.04 Å². The van der Waals surface area contributed by atoms with E-state index in [2.05, 4.69) is 5.32 Å². The number of aliphatic hydroxyl groups is 1. The molecule has 15 heavy (non-hydrogen) atoms. The van der Waals surface area contributed by atoms with Crippen molar-refractivity contribution in [2.24, 2.45) is 5.73 Å². The molecule has 4 nitrogen and oxygen atoms in total. The number of carbonyl (C=O) groups excluding carboxylic acids is 1. The van der Waals surface area contributed by atoms with E-state index in [1.165, 1.54) is 0 Å². The standard InChI is InChI=1S/C10H22N2O2S/c1-10(2,5-6-13)12-9(14)8(11)4-7-15-3/h8,13H,4-7,11H2,1-3H3,(H,12,14)/t8-/m1/s1. The van der Waals surface area contributed by atoms with E-state index in [-0.39, 0.29) is 18.1 Å². The Morgan fingerprint density at radius 2 is 2.20 bits per heavy atom. The van der Waals surface area contributed by atoms with Gasteiger partial charge in [0.25, 0.3) is 0 Å². The summed E-state index contributed by atoms with van der Waals surface area (Å²) in [6, 6.07) is -0.449. The number of thioether (sulfide) groups is 1. The quantitative estimate of drug-likeness (QED) is 0.594. The third kappa shape index (κ3) is 6.76. The number of aliphatic hydroxyl groups excluding tert-OH is 1. The first-order valence-electron chi connectivity index (χ1n) is 5.10. The largest absolute Gasteiger partial charge is 0.396 e. The maximum absolute atomic E-state index is 11.6. The Labute approximate surface area is 96.0 Å². The van der Waals surface area contributed by atoms with Crippen LogP contribution in [-0.2, 0) is 4.79 Å². The highest BCUT2D eigenvalue weighted by Gasteiger charge is 2.22. The lowest BCUT2D eigenvalue weighted by molar-refractivity contribution is -0.124. The van der Waals surface area contributed by atoms with Crippen molar-refractivity contribution in [1.82, 2.24) is 5.32 Å². The van der Waals surface area contributed by atoms with Gasteiger partial charge in [-0.25, -0.2) is 0 Å². The van der Waals surface area contributed by atoms with Crippen molar-refractivity contribution in [1.29, 1.82) is 0 Å². The maximum atomic E-state index is 11.6. The highest BCUT2D eigenvalue weighted by atomic mass is 32.2. The maximum Gasteiger partial charge on any atom is 0.237 e. The van der Waals surface area contributed by atoms with E-state index >= 15 is 0 Å². The van der Waals surface area contributed by atoms with Gasteiger partial charge in [-0.2, -0.15) is 11.8 Å². The second-order valence-corrected chi connectivity index (χ2v) is 5.22. The third-order valence-corrected chi connectivity index (χ3v) is 2.81. The molecular weight excluding hydrogens is 212 g/mol. The lowest BCUT2D eigenvalue weighted by Crippen LogP contribution is -2.51. The molecule has 4 N–H and O–H groups in total. The van der Waals surface area contributed by atoms with Crippen LogP contribution in [0.25, 0.3) is 0 Å². The molecule has 0 aromatic carbocycles. The van der Waals surface area contributed by atoms with Crippen molar-refractivity contribution in [2.75, 3.05) is 18.6 Å². The highest BCUT2D eigenvalue weighted by Crippen LogP contribution is 2.08. The lowest BCUT2D eigenvalue weighted by atomic mass is 10.0. The van der Waals surface area contributed by atoms with Crippen molar-refractivity contribution >= 4 is 17.7 Å². The van der Waals surface area contributed by atoms with Gasteiger partial charge in [0.15, 0.2) is 0 Å². The van der Waals surface area contributed by atoms with Crippen LogP contribution >= 0.6 is 11.8 Å². The van der Waals surface area contributed by atoms with Crippen LogP contribution in [0.5, 0.6) is 0 Å². The first-order valence-corrected chi connectivity index (χ1v) is 6.49. The van der Waals surface area contributed by atoms with E-state index in [1.807, 2.05) is 20.1 Å². The molecule has 0 saturated carbocycles. The molecule has 0 fully saturated rings. The van der Waals surface area contributed by atoms with Crippen molar-refractivity contribution in [3.8, 4) is 0 Å². The molecule has 0 heterocycles. The second-order valence-electron chi connectivity index (χ2n) is 4.23. The molecule has 5 heteroatoms. The van der Waals surface area contributed by atoms with Crippen molar-refractivity contribution in [3.63, 3.8) is 0 Å². The number of hydrogen-bond donors (Lipinski definition) is 3. The van der Waals surface area contributed by atoms with Gasteiger partial charge >= 0.3 is 0 Å². The molecular formula is C10H22N2O2S. The molecule has 0 radical (unpaired) electrons. The fraction of sp³-hybridized carbons (Fsp3) is 0.900. The van der Waals surface area contributed by atoms with E-state index in [9.17, 15) is 4.79 Å². The molecule has 0 aliphatic carbocycles. The fourth-order valence-corrected chi connectivity index (χ4v) is 1.63. The Bertz CT molecular complexity index is 198. The van der Waals surface area contributed by atoms with Crippen LogP contribution in [0.15, 0.2) is 0 Å². The molecule has 1 amide bonds. The van der Waals surface area contributed by atoms with Gasteiger partial charge in [0.2, 0.25) is 5.91 Å². The molecule has 0 aliphatic heterocycles. The number of nitrogens with one attached hydrogen (secondary N) is 1. The summed E-state index contributed by atoms with van der Waals surface area (Å²) in [4.78, 5) is 11.6. The first-order chi connectivity index (χ1) is 6.93. The van der Waals surface area contributed by atoms with Gasteiger partial charge in [0.1, 0.15) is 0 Å². The summed E-state index contributed by atoms with van der Waals surface area (Å²) in [5.41, 5.74) is 5.33. The second kappa shape index (κ2) is 7.09. The van der Waals surface area contributed by atoms with Crippen molar-refractivity contribution < 1.29 is 9.90 Å². The Morgan fingerprint density at radius 1 is 1.60 bits per heavy atom. The van der Waals surface area contributed by atoms with E-state index in [0.717, 1.165) is 5.75 Å². The Kier molecular flexibility index (Phi) is 6.96. The summed E-state index contributed by atoms with van der Waals surface area (Å²) >= 11 is 1.68. The molecule has 1 atom stereocenters. The van der Waals surface area contributed by atoms with E-state index in [0.29, 0.717) is 12.8 Å². The van der Waals surface area contributed by atoms with Crippen molar-refractivity contribution in [3.05, 3.63) is 0 Å². The molecule has 0 spiro atoms. The molecule has 0 rings (SSSR count). The third-order valence-electron chi connectivity index (χ3n) is 2.17. The lowest BCUT2D eigenvalue weighted by Gasteiger charge is -2.27. The number of rotatable bonds is 7. The summed E-state index contributed by atoms with van der Waals surface area (Å²) in [7, 11) is 0. The zero-order valence-corrected chi connectivity index (χ0v) is 10.6. The van der Waals surface area contributed by atoms with Crippen LogP contribution in [-0.4, -0.2) is 41.2 Å².